The molecule has 1 N–H and O–H groups in total. The Labute approximate surface area is 77.6 Å². The van der Waals surface area contributed by atoms with Crippen molar-refractivity contribution in [2.24, 2.45) is 0 Å². The maximum absolute atomic E-state index is 9.26. The Bertz CT molecular complexity index is 276. The fourth-order valence-electron chi connectivity index (χ4n) is 1.83. The van der Waals surface area contributed by atoms with E-state index in [9.17, 15) is 5.11 Å². The Morgan fingerprint density at radius 2 is 2.23 bits per heavy atom. The molecule has 1 fully saturated rings. The lowest BCUT2D eigenvalue weighted by Crippen LogP contribution is -2.04. The number of hydrogen-bond donors (Lipinski definition) is 1. The van der Waals surface area contributed by atoms with Gasteiger partial charge >= 0.3 is 0 Å². The predicted molar refractivity (Wildman–Crippen MR) is 48.2 cm³/mol. The van der Waals surface area contributed by atoms with E-state index in [4.69, 9.17) is 0 Å². The molecule has 1 saturated carbocycles. The van der Waals surface area contributed by atoms with Crippen molar-refractivity contribution in [2.45, 2.75) is 44.8 Å². The summed E-state index contributed by atoms with van der Waals surface area (Å²) < 4.78 is 1.90. The molecule has 0 radical (unpaired) electrons. The van der Waals surface area contributed by atoms with E-state index >= 15 is 0 Å². The van der Waals surface area contributed by atoms with Gasteiger partial charge in [0.2, 0.25) is 0 Å². The second-order valence-electron chi connectivity index (χ2n) is 3.74. The van der Waals surface area contributed by atoms with Crippen LogP contribution in [0.1, 0.15) is 50.4 Å². The van der Waals surface area contributed by atoms with Crippen molar-refractivity contribution < 1.29 is 5.11 Å². The molecule has 1 heterocycles. The molecule has 4 nitrogen and oxygen atoms in total. The summed E-state index contributed by atoms with van der Waals surface area (Å²) in [6.45, 7) is 1.71. The molecule has 0 bridgehead atoms. The van der Waals surface area contributed by atoms with Crippen LogP contribution in [0.2, 0.25) is 0 Å². The number of rotatable bonds is 2. The Balaban J connectivity index is 2.12. The third kappa shape index (κ3) is 1.72. The van der Waals surface area contributed by atoms with Gasteiger partial charge < -0.3 is 5.11 Å². The Hall–Kier alpha value is -0.900. The molecule has 0 aromatic carbocycles. The van der Waals surface area contributed by atoms with E-state index in [1.54, 1.807) is 6.92 Å². The van der Waals surface area contributed by atoms with Crippen molar-refractivity contribution in [2.75, 3.05) is 0 Å². The number of nitrogens with zero attached hydrogens (tertiary/aromatic N) is 3. The molecule has 1 aliphatic carbocycles. The highest BCUT2D eigenvalue weighted by Gasteiger charge is 2.18. The average Bonchev–Trinajstić information content (AvgIpc) is 2.75. The molecule has 1 unspecified atom stereocenters. The zero-order valence-corrected chi connectivity index (χ0v) is 7.85. The summed E-state index contributed by atoms with van der Waals surface area (Å²) in [5.41, 5.74) is 0.673. The first-order valence-corrected chi connectivity index (χ1v) is 4.87. The van der Waals surface area contributed by atoms with E-state index in [0.29, 0.717) is 11.7 Å². The molecular formula is C9H15N3O. The lowest BCUT2D eigenvalue weighted by Gasteiger charge is -2.06. The molecular weight excluding hydrogens is 166 g/mol. The zero-order valence-electron chi connectivity index (χ0n) is 7.85. The largest absolute Gasteiger partial charge is 0.387 e. The molecule has 1 aliphatic rings. The van der Waals surface area contributed by atoms with Gasteiger partial charge in [-0.05, 0) is 19.8 Å². The van der Waals surface area contributed by atoms with Gasteiger partial charge in [0.1, 0.15) is 5.69 Å². The quantitative estimate of drug-likeness (QED) is 0.751. The summed E-state index contributed by atoms with van der Waals surface area (Å²) in [4.78, 5) is 0. The van der Waals surface area contributed by atoms with Gasteiger partial charge in [0.05, 0.1) is 18.3 Å². The fraction of sp³-hybridized carbons (Fsp3) is 0.778. The van der Waals surface area contributed by atoms with E-state index in [1.165, 1.54) is 25.7 Å². The summed E-state index contributed by atoms with van der Waals surface area (Å²) in [7, 11) is 0. The summed E-state index contributed by atoms with van der Waals surface area (Å²) >= 11 is 0. The first kappa shape index (κ1) is 8.69. The second-order valence-corrected chi connectivity index (χ2v) is 3.74. The van der Waals surface area contributed by atoms with Crippen LogP contribution >= 0.6 is 0 Å². The van der Waals surface area contributed by atoms with Gasteiger partial charge in [0.25, 0.3) is 0 Å². The van der Waals surface area contributed by atoms with Gasteiger partial charge in [0.15, 0.2) is 0 Å². The lowest BCUT2D eigenvalue weighted by molar-refractivity contribution is 0.194. The third-order valence-corrected chi connectivity index (χ3v) is 2.65. The molecule has 13 heavy (non-hydrogen) atoms. The van der Waals surface area contributed by atoms with E-state index in [2.05, 4.69) is 10.3 Å². The highest BCUT2D eigenvalue weighted by molar-refractivity contribution is 4.96. The van der Waals surface area contributed by atoms with Crippen molar-refractivity contribution in [3.63, 3.8) is 0 Å². The summed E-state index contributed by atoms with van der Waals surface area (Å²) in [5, 5.41) is 17.2. The molecule has 1 aromatic heterocycles. The monoisotopic (exact) mass is 181 g/mol. The highest BCUT2D eigenvalue weighted by Crippen LogP contribution is 2.28. The van der Waals surface area contributed by atoms with E-state index in [0.717, 1.165) is 0 Å². The van der Waals surface area contributed by atoms with Crippen LogP contribution in [0.3, 0.4) is 0 Å². The van der Waals surface area contributed by atoms with Gasteiger partial charge in [0, 0.05) is 0 Å². The summed E-state index contributed by atoms with van der Waals surface area (Å²) in [5.74, 6) is 0. The van der Waals surface area contributed by atoms with Gasteiger partial charge in [-0.3, -0.25) is 0 Å². The standard InChI is InChI=1S/C9H15N3O/c1-7(13)9-6-12(11-10-9)8-4-2-3-5-8/h6-8,13H,2-5H2,1H3. The van der Waals surface area contributed by atoms with Gasteiger partial charge in [-0.1, -0.05) is 18.1 Å². The van der Waals surface area contributed by atoms with Crippen LogP contribution in [0.15, 0.2) is 6.20 Å². The van der Waals surface area contributed by atoms with Crippen LogP contribution in [0.5, 0.6) is 0 Å². The van der Waals surface area contributed by atoms with Crippen molar-refractivity contribution >= 4 is 0 Å². The maximum Gasteiger partial charge on any atom is 0.111 e. The van der Waals surface area contributed by atoms with Gasteiger partial charge in [-0.15, -0.1) is 5.10 Å². The minimum absolute atomic E-state index is 0.504. The Kier molecular flexibility index (Phi) is 2.31. The van der Waals surface area contributed by atoms with Crippen LogP contribution in [0, 0.1) is 0 Å². The molecule has 4 heteroatoms. The van der Waals surface area contributed by atoms with Crippen molar-refractivity contribution in [3.05, 3.63) is 11.9 Å². The van der Waals surface area contributed by atoms with E-state index in [-0.39, 0.29) is 0 Å². The molecule has 2 rings (SSSR count). The van der Waals surface area contributed by atoms with Crippen LogP contribution in [-0.4, -0.2) is 20.1 Å². The molecule has 1 aromatic rings. The predicted octanol–water partition coefficient (Wildman–Crippen LogP) is 1.45. The van der Waals surface area contributed by atoms with Crippen molar-refractivity contribution in [1.29, 1.82) is 0 Å². The van der Waals surface area contributed by atoms with Gasteiger partial charge in [-0.25, -0.2) is 4.68 Å². The van der Waals surface area contributed by atoms with Crippen molar-refractivity contribution in [3.8, 4) is 0 Å². The third-order valence-electron chi connectivity index (χ3n) is 2.65. The van der Waals surface area contributed by atoms with Gasteiger partial charge in [-0.2, -0.15) is 0 Å². The zero-order chi connectivity index (χ0) is 9.26. The topological polar surface area (TPSA) is 50.9 Å². The van der Waals surface area contributed by atoms with Crippen LogP contribution < -0.4 is 0 Å². The minimum atomic E-state index is -0.504. The molecule has 1 atom stereocenters. The average molecular weight is 181 g/mol. The highest BCUT2D eigenvalue weighted by atomic mass is 16.3. The van der Waals surface area contributed by atoms with E-state index < -0.39 is 6.10 Å². The fourth-order valence-corrected chi connectivity index (χ4v) is 1.83. The number of aliphatic hydroxyl groups excluding tert-OH is 1. The summed E-state index contributed by atoms with van der Waals surface area (Å²) in [6, 6.07) is 0.514. The molecule has 72 valence electrons. The number of hydrogen-bond acceptors (Lipinski definition) is 3. The second kappa shape index (κ2) is 3.46. The smallest absolute Gasteiger partial charge is 0.111 e. The number of aliphatic hydroxyl groups is 1. The van der Waals surface area contributed by atoms with Crippen LogP contribution in [-0.2, 0) is 0 Å². The number of aromatic nitrogens is 3. The molecule has 0 aliphatic heterocycles. The van der Waals surface area contributed by atoms with E-state index in [1.807, 2.05) is 10.9 Å². The Morgan fingerprint density at radius 1 is 1.54 bits per heavy atom. The molecule has 0 saturated heterocycles. The maximum atomic E-state index is 9.26. The SMILES string of the molecule is CC(O)c1cn(C2CCCC2)nn1. The van der Waals surface area contributed by atoms with Crippen LogP contribution in [0.25, 0.3) is 0 Å². The summed E-state index contributed by atoms with van der Waals surface area (Å²) in [6.07, 6.45) is 6.32. The van der Waals surface area contributed by atoms with Crippen molar-refractivity contribution in [1.82, 2.24) is 15.0 Å². The molecule has 0 spiro atoms. The first-order valence-electron chi connectivity index (χ1n) is 4.87. The first-order chi connectivity index (χ1) is 6.27. The minimum Gasteiger partial charge on any atom is -0.387 e. The molecule has 0 amide bonds. The normalized spacial score (nSPS) is 20.8. The Morgan fingerprint density at radius 3 is 2.77 bits per heavy atom. The van der Waals surface area contributed by atoms with Crippen LogP contribution in [0.4, 0.5) is 0 Å². The lowest BCUT2D eigenvalue weighted by atomic mass is 10.2.